The first kappa shape index (κ1) is 14.7. The molecule has 0 aromatic carbocycles. The fourth-order valence-electron chi connectivity index (χ4n) is 1.37. The molecule has 0 rings (SSSR count). The monoisotopic (exact) mass is 232 g/mol. The smallest absolute Gasteiger partial charge is 0.328 e. The van der Waals surface area contributed by atoms with Gasteiger partial charge in [-0.2, -0.15) is 0 Å². The van der Waals surface area contributed by atoms with Crippen molar-refractivity contribution in [1.82, 2.24) is 10.6 Å². The third-order valence-electron chi connectivity index (χ3n) is 2.11. The van der Waals surface area contributed by atoms with Gasteiger partial charge in [-0.1, -0.05) is 13.3 Å². The molecule has 0 saturated heterocycles. The van der Waals surface area contributed by atoms with E-state index in [0.29, 0.717) is 0 Å². The lowest BCUT2D eigenvalue weighted by Gasteiger charge is -2.26. The van der Waals surface area contributed by atoms with Gasteiger partial charge in [-0.05, 0) is 20.3 Å². The summed E-state index contributed by atoms with van der Waals surface area (Å²) in [5.74, 6) is -1.26. The molecule has 0 aliphatic carbocycles. The number of nitrogens with one attached hydrogen (secondary N) is 2. The van der Waals surface area contributed by atoms with E-state index in [9.17, 15) is 9.59 Å². The van der Waals surface area contributed by atoms with Gasteiger partial charge in [-0.25, -0.2) is 9.59 Å². The lowest BCUT2D eigenvalue weighted by molar-refractivity contribution is -0.140. The third kappa shape index (κ3) is 5.55. The molecular weight excluding hydrogens is 212 g/mol. The summed E-state index contributed by atoms with van der Waals surface area (Å²) in [6, 6.07) is -1.85. The first-order valence-electron chi connectivity index (χ1n) is 5.24. The maximum Gasteiger partial charge on any atom is 0.328 e. The van der Waals surface area contributed by atoms with Crippen molar-refractivity contribution in [3.05, 3.63) is 0 Å². The number of carbonyl (C=O) groups is 2. The van der Waals surface area contributed by atoms with Crippen molar-refractivity contribution in [1.29, 1.82) is 0 Å². The third-order valence-corrected chi connectivity index (χ3v) is 2.11. The Kier molecular flexibility index (Phi) is 5.81. The maximum atomic E-state index is 11.4. The lowest BCUT2D eigenvalue weighted by Crippen LogP contribution is -2.53. The number of carboxylic acid groups (broad SMARTS) is 1. The van der Waals surface area contributed by atoms with E-state index < -0.39 is 30.2 Å². The van der Waals surface area contributed by atoms with Crippen LogP contribution in [-0.4, -0.2) is 40.4 Å². The molecule has 0 aliphatic heterocycles. The highest BCUT2D eigenvalue weighted by atomic mass is 16.4. The van der Waals surface area contributed by atoms with Gasteiger partial charge in [0.25, 0.3) is 0 Å². The fourth-order valence-corrected chi connectivity index (χ4v) is 1.37. The van der Waals surface area contributed by atoms with Crippen molar-refractivity contribution in [3.8, 4) is 0 Å². The zero-order valence-corrected chi connectivity index (χ0v) is 9.91. The topological polar surface area (TPSA) is 98.7 Å². The molecule has 2 amide bonds. The SMILES string of the molecule is CCCC(C)(C)NC(=O)N[C@@H](CO)C(=O)O. The molecule has 1 atom stereocenters. The van der Waals surface area contributed by atoms with Crippen LogP contribution in [0.3, 0.4) is 0 Å². The van der Waals surface area contributed by atoms with Gasteiger partial charge in [0, 0.05) is 5.54 Å². The van der Waals surface area contributed by atoms with Gasteiger partial charge in [0.1, 0.15) is 0 Å². The number of urea groups is 1. The number of carbonyl (C=O) groups excluding carboxylic acids is 1. The molecule has 4 N–H and O–H groups in total. The van der Waals surface area contributed by atoms with Crippen LogP contribution in [0.15, 0.2) is 0 Å². The molecule has 0 radical (unpaired) electrons. The van der Waals surface area contributed by atoms with Crippen LogP contribution in [-0.2, 0) is 4.79 Å². The van der Waals surface area contributed by atoms with Gasteiger partial charge < -0.3 is 20.8 Å². The Morgan fingerprint density at radius 2 is 1.94 bits per heavy atom. The molecular formula is C10H20N2O4. The Balaban J connectivity index is 4.21. The van der Waals surface area contributed by atoms with Gasteiger partial charge in [-0.15, -0.1) is 0 Å². The molecule has 6 heteroatoms. The van der Waals surface area contributed by atoms with Crippen molar-refractivity contribution < 1.29 is 19.8 Å². The van der Waals surface area contributed by atoms with Crippen LogP contribution in [0.2, 0.25) is 0 Å². The normalized spacial score (nSPS) is 13.0. The quantitative estimate of drug-likeness (QED) is 0.529. The minimum absolute atomic E-state index is 0.392. The van der Waals surface area contributed by atoms with E-state index in [1.54, 1.807) is 0 Å². The largest absolute Gasteiger partial charge is 0.480 e. The molecule has 0 heterocycles. The molecule has 0 fully saturated rings. The molecule has 0 bridgehead atoms. The van der Waals surface area contributed by atoms with E-state index in [1.165, 1.54) is 0 Å². The molecule has 0 unspecified atom stereocenters. The highest BCUT2D eigenvalue weighted by molar-refractivity contribution is 5.82. The molecule has 0 aliphatic rings. The summed E-state index contributed by atoms with van der Waals surface area (Å²) in [4.78, 5) is 22.0. The number of carboxylic acids is 1. The zero-order chi connectivity index (χ0) is 12.8. The molecule has 0 saturated carbocycles. The van der Waals surface area contributed by atoms with Crippen LogP contribution in [0.5, 0.6) is 0 Å². The van der Waals surface area contributed by atoms with Gasteiger partial charge in [0.2, 0.25) is 0 Å². The minimum Gasteiger partial charge on any atom is -0.480 e. The summed E-state index contributed by atoms with van der Waals surface area (Å²) >= 11 is 0. The van der Waals surface area contributed by atoms with Crippen molar-refractivity contribution in [3.63, 3.8) is 0 Å². The minimum atomic E-state index is -1.27. The van der Waals surface area contributed by atoms with E-state index >= 15 is 0 Å². The number of aliphatic carboxylic acids is 1. The Labute approximate surface area is 95.0 Å². The second-order valence-corrected chi connectivity index (χ2v) is 4.31. The van der Waals surface area contributed by atoms with Crippen LogP contribution in [0.25, 0.3) is 0 Å². The van der Waals surface area contributed by atoms with E-state index in [2.05, 4.69) is 10.6 Å². The first-order valence-corrected chi connectivity index (χ1v) is 5.24. The molecule has 16 heavy (non-hydrogen) atoms. The van der Waals surface area contributed by atoms with Crippen LogP contribution >= 0.6 is 0 Å². The Morgan fingerprint density at radius 1 is 1.38 bits per heavy atom. The zero-order valence-electron chi connectivity index (χ0n) is 9.91. The molecule has 94 valence electrons. The van der Waals surface area contributed by atoms with Crippen LogP contribution < -0.4 is 10.6 Å². The fraction of sp³-hybridized carbons (Fsp3) is 0.800. The average molecular weight is 232 g/mol. The number of rotatable bonds is 6. The van der Waals surface area contributed by atoms with Crippen molar-refractivity contribution in [2.75, 3.05) is 6.61 Å². The van der Waals surface area contributed by atoms with Gasteiger partial charge >= 0.3 is 12.0 Å². The second kappa shape index (κ2) is 6.32. The van der Waals surface area contributed by atoms with E-state index in [0.717, 1.165) is 12.8 Å². The Bertz CT molecular complexity index is 253. The predicted molar refractivity (Wildman–Crippen MR) is 59.2 cm³/mol. The number of hydrogen-bond donors (Lipinski definition) is 4. The Hall–Kier alpha value is -1.30. The first-order chi connectivity index (χ1) is 7.32. The summed E-state index contributed by atoms with van der Waals surface area (Å²) < 4.78 is 0. The Morgan fingerprint density at radius 3 is 2.31 bits per heavy atom. The number of amides is 2. The van der Waals surface area contributed by atoms with Crippen LogP contribution in [0.1, 0.15) is 33.6 Å². The van der Waals surface area contributed by atoms with Crippen LogP contribution in [0, 0.1) is 0 Å². The van der Waals surface area contributed by atoms with Crippen molar-refractivity contribution >= 4 is 12.0 Å². The highest BCUT2D eigenvalue weighted by Gasteiger charge is 2.23. The molecule has 6 nitrogen and oxygen atoms in total. The molecule has 0 aromatic rings. The van der Waals surface area contributed by atoms with Gasteiger partial charge in [0.15, 0.2) is 6.04 Å². The van der Waals surface area contributed by atoms with Crippen molar-refractivity contribution in [2.24, 2.45) is 0 Å². The standard InChI is InChI=1S/C10H20N2O4/c1-4-5-10(2,3)12-9(16)11-7(6-13)8(14)15/h7,13H,4-6H2,1-3H3,(H,14,15)(H2,11,12,16)/t7-/m0/s1. The molecule has 0 aromatic heterocycles. The summed E-state index contributed by atoms with van der Waals surface area (Å²) in [6.45, 7) is 5.07. The summed E-state index contributed by atoms with van der Waals surface area (Å²) in [6.07, 6.45) is 1.70. The van der Waals surface area contributed by atoms with Crippen LogP contribution in [0.4, 0.5) is 4.79 Å². The second-order valence-electron chi connectivity index (χ2n) is 4.31. The number of aliphatic hydroxyl groups is 1. The van der Waals surface area contributed by atoms with Gasteiger partial charge in [0.05, 0.1) is 6.61 Å². The average Bonchev–Trinajstić information content (AvgIpc) is 2.12. The predicted octanol–water partition coefficient (Wildman–Crippen LogP) is 0.310. The van der Waals surface area contributed by atoms with E-state index in [-0.39, 0.29) is 0 Å². The lowest BCUT2D eigenvalue weighted by atomic mass is 9.99. The summed E-state index contributed by atoms with van der Waals surface area (Å²) in [7, 11) is 0. The van der Waals surface area contributed by atoms with E-state index in [1.807, 2.05) is 20.8 Å². The number of hydrogen-bond acceptors (Lipinski definition) is 3. The van der Waals surface area contributed by atoms with Crippen molar-refractivity contribution in [2.45, 2.75) is 45.2 Å². The summed E-state index contributed by atoms with van der Waals surface area (Å²) in [5.41, 5.74) is -0.392. The van der Waals surface area contributed by atoms with E-state index in [4.69, 9.17) is 10.2 Å². The summed E-state index contributed by atoms with van der Waals surface area (Å²) in [5, 5.41) is 22.2. The molecule has 0 spiro atoms. The number of aliphatic hydroxyl groups excluding tert-OH is 1. The maximum absolute atomic E-state index is 11.4. The highest BCUT2D eigenvalue weighted by Crippen LogP contribution is 2.10. The van der Waals surface area contributed by atoms with Gasteiger partial charge in [-0.3, -0.25) is 0 Å².